The standard InChI is InChI=1S/C24H17ClN2O6/c1-32-20-10-9-15(25)12-19(20)26-21(28)13-33-24(31)14-5-4-6-16(11-14)27-22(29)17-7-2-3-8-18(17)23(27)30/h2-12H,13H2,1H3,(H,26,28). The number of fused-ring (bicyclic) bond motifs is 1. The highest BCUT2D eigenvalue weighted by Crippen LogP contribution is 2.29. The van der Waals surface area contributed by atoms with Gasteiger partial charge in [0.1, 0.15) is 5.75 Å². The summed E-state index contributed by atoms with van der Waals surface area (Å²) in [5.74, 6) is -1.94. The van der Waals surface area contributed by atoms with Crippen molar-refractivity contribution in [3.05, 3.63) is 88.4 Å². The third-order valence-corrected chi connectivity index (χ3v) is 5.14. The number of rotatable bonds is 6. The minimum Gasteiger partial charge on any atom is -0.495 e. The van der Waals surface area contributed by atoms with Crippen molar-refractivity contribution in [1.82, 2.24) is 0 Å². The number of imide groups is 1. The van der Waals surface area contributed by atoms with E-state index < -0.39 is 30.3 Å². The molecule has 9 heteroatoms. The van der Waals surface area contributed by atoms with E-state index in [4.69, 9.17) is 21.1 Å². The number of ether oxygens (including phenoxy) is 2. The summed E-state index contributed by atoms with van der Waals surface area (Å²) in [6.45, 7) is -0.564. The van der Waals surface area contributed by atoms with Crippen molar-refractivity contribution in [3.63, 3.8) is 0 Å². The van der Waals surface area contributed by atoms with E-state index >= 15 is 0 Å². The number of hydrogen-bond acceptors (Lipinski definition) is 6. The maximum atomic E-state index is 12.7. The second-order valence-electron chi connectivity index (χ2n) is 7.01. The fourth-order valence-corrected chi connectivity index (χ4v) is 3.55. The lowest BCUT2D eigenvalue weighted by atomic mass is 10.1. The minimum atomic E-state index is -0.790. The lowest BCUT2D eigenvalue weighted by molar-refractivity contribution is -0.119. The fraction of sp³-hybridized carbons (Fsp3) is 0.0833. The molecule has 0 atom stereocenters. The Morgan fingerprint density at radius 2 is 1.64 bits per heavy atom. The van der Waals surface area contributed by atoms with Crippen LogP contribution in [0.25, 0.3) is 0 Å². The molecule has 0 unspecified atom stereocenters. The summed E-state index contributed by atoms with van der Waals surface area (Å²) < 4.78 is 10.2. The predicted octanol–water partition coefficient (Wildman–Crippen LogP) is 3.94. The number of halogens is 1. The SMILES string of the molecule is COc1ccc(Cl)cc1NC(=O)COC(=O)c1cccc(N2C(=O)c3ccccc3C2=O)c1. The summed E-state index contributed by atoms with van der Waals surface area (Å²) in [5.41, 5.74) is 1.23. The number of nitrogens with one attached hydrogen (secondary N) is 1. The number of esters is 1. The van der Waals surface area contributed by atoms with Crippen molar-refractivity contribution in [2.45, 2.75) is 0 Å². The van der Waals surface area contributed by atoms with E-state index in [1.165, 1.54) is 37.4 Å². The zero-order chi connectivity index (χ0) is 23.5. The normalized spacial score (nSPS) is 12.4. The van der Waals surface area contributed by atoms with E-state index in [0.29, 0.717) is 27.6 Å². The second kappa shape index (κ2) is 9.13. The highest BCUT2D eigenvalue weighted by Gasteiger charge is 2.36. The molecule has 0 saturated carbocycles. The van der Waals surface area contributed by atoms with E-state index in [0.717, 1.165) is 4.90 Å². The number of benzene rings is 3. The number of carbonyl (C=O) groups is 4. The molecule has 0 fully saturated rings. The van der Waals surface area contributed by atoms with Crippen LogP contribution in [-0.4, -0.2) is 37.4 Å². The maximum Gasteiger partial charge on any atom is 0.338 e. The number of methoxy groups -OCH3 is 1. The van der Waals surface area contributed by atoms with Crippen molar-refractivity contribution in [2.75, 3.05) is 23.9 Å². The van der Waals surface area contributed by atoms with Crippen LogP contribution in [0.15, 0.2) is 66.7 Å². The Hall–Kier alpha value is -4.17. The number of nitrogens with zero attached hydrogens (tertiary/aromatic N) is 1. The van der Waals surface area contributed by atoms with Crippen molar-refractivity contribution in [2.24, 2.45) is 0 Å². The summed E-state index contributed by atoms with van der Waals surface area (Å²) in [4.78, 5) is 51.1. The monoisotopic (exact) mass is 464 g/mol. The van der Waals surface area contributed by atoms with E-state index in [9.17, 15) is 19.2 Å². The van der Waals surface area contributed by atoms with Gasteiger partial charge in [0.25, 0.3) is 17.7 Å². The first-order valence-corrected chi connectivity index (χ1v) is 10.1. The first-order valence-electron chi connectivity index (χ1n) is 9.77. The molecule has 0 aromatic heterocycles. The van der Waals surface area contributed by atoms with Gasteiger partial charge in [0.05, 0.1) is 35.2 Å². The van der Waals surface area contributed by atoms with E-state index in [2.05, 4.69) is 5.32 Å². The summed E-state index contributed by atoms with van der Waals surface area (Å²) in [7, 11) is 1.44. The van der Waals surface area contributed by atoms with Crippen LogP contribution in [0.5, 0.6) is 5.75 Å². The van der Waals surface area contributed by atoms with Crippen molar-refractivity contribution in [3.8, 4) is 5.75 Å². The van der Waals surface area contributed by atoms with Gasteiger partial charge in [-0.1, -0.05) is 29.8 Å². The highest BCUT2D eigenvalue weighted by atomic mass is 35.5. The molecule has 0 aliphatic carbocycles. The zero-order valence-corrected chi connectivity index (χ0v) is 18.1. The molecule has 0 bridgehead atoms. The third-order valence-electron chi connectivity index (χ3n) is 4.90. The van der Waals surface area contributed by atoms with Gasteiger partial charge in [-0.3, -0.25) is 14.4 Å². The smallest absolute Gasteiger partial charge is 0.338 e. The molecule has 4 rings (SSSR count). The molecule has 0 saturated heterocycles. The number of amides is 3. The van der Waals surface area contributed by atoms with Gasteiger partial charge in [0, 0.05) is 5.02 Å². The van der Waals surface area contributed by atoms with Crippen LogP contribution in [0.4, 0.5) is 11.4 Å². The van der Waals surface area contributed by atoms with Gasteiger partial charge in [-0.05, 0) is 48.5 Å². The Kier molecular flexibility index (Phi) is 6.10. The lowest BCUT2D eigenvalue weighted by Crippen LogP contribution is -2.29. The largest absolute Gasteiger partial charge is 0.495 e. The average Bonchev–Trinajstić information content (AvgIpc) is 3.08. The molecule has 0 spiro atoms. The van der Waals surface area contributed by atoms with Gasteiger partial charge < -0.3 is 14.8 Å². The number of hydrogen-bond donors (Lipinski definition) is 1. The van der Waals surface area contributed by atoms with Crippen LogP contribution in [0, 0.1) is 0 Å². The van der Waals surface area contributed by atoms with Gasteiger partial charge in [-0.2, -0.15) is 0 Å². The van der Waals surface area contributed by atoms with Crippen LogP contribution >= 0.6 is 11.6 Å². The molecule has 3 aromatic carbocycles. The molecular weight excluding hydrogens is 448 g/mol. The molecule has 1 aliphatic heterocycles. The van der Waals surface area contributed by atoms with Crippen LogP contribution in [0.1, 0.15) is 31.1 Å². The topological polar surface area (TPSA) is 102 Å². The van der Waals surface area contributed by atoms with Crippen molar-refractivity contribution >= 4 is 46.7 Å². The summed E-state index contributed by atoms with van der Waals surface area (Å²) in [5, 5.41) is 2.96. The van der Waals surface area contributed by atoms with Crippen molar-refractivity contribution in [1.29, 1.82) is 0 Å². The summed E-state index contributed by atoms with van der Waals surface area (Å²) in [6, 6.07) is 17.1. The van der Waals surface area contributed by atoms with E-state index in [-0.39, 0.29) is 11.3 Å². The molecule has 0 radical (unpaired) electrons. The number of carbonyl (C=O) groups excluding carboxylic acids is 4. The summed E-state index contributed by atoms with van der Waals surface area (Å²) >= 11 is 5.94. The van der Waals surface area contributed by atoms with Crippen LogP contribution < -0.4 is 15.0 Å². The lowest BCUT2D eigenvalue weighted by Gasteiger charge is -2.15. The highest BCUT2D eigenvalue weighted by molar-refractivity contribution is 6.34. The maximum absolute atomic E-state index is 12.7. The minimum absolute atomic E-state index is 0.0807. The molecule has 166 valence electrons. The Morgan fingerprint density at radius 1 is 0.939 bits per heavy atom. The Morgan fingerprint density at radius 3 is 2.30 bits per heavy atom. The van der Waals surface area contributed by atoms with E-state index in [1.807, 2.05) is 0 Å². The van der Waals surface area contributed by atoms with Gasteiger partial charge in [0.15, 0.2) is 6.61 Å². The fourth-order valence-electron chi connectivity index (χ4n) is 3.37. The van der Waals surface area contributed by atoms with E-state index in [1.54, 1.807) is 36.4 Å². The van der Waals surface area contributed by atoms with Crippen LogP contribution in [0.2, 0.25) is 5.02 Å². The molecule has 3 amide bonds. The molecule has 1 heterocycles. The molecule has 3 aromatic rings. The Balaban J connectivity index is 1.44. The van der Waals surface area contributed by atoms with Crippen LogP contribution in [-0.2, 0) is 9.53 Å². The van der Waals surface area contributed by atoms with Crippen LogP contribution in [0.3, 0.4) is 0 Å². The zero-order valence-electron chi connectivity index (χ0n) is 17.3. The van der Waals surface area contributed by atoms with Gasteiger partial charge in [0.2, 0.25) is 0 Å². The Bertz CT molecular complexity index is 1250. The molecule has 1 N–H and O–H groups in total. The first-order chi connectivity index (χ1) is 15.9. The second-order valence-corrected chi connectivity index (χ2v) is 7.45. The molecule has 1 aliphatic rings. The molecular formula is C24H17ClN2O6. The Labute approximate surface area is 193 Å². The third kappa shape index (κ3) is 4.42. The van der Waals surface area contributed by atoms with Gasteiger partial charge in [-0.25, -0.2) is 9.69 Å². The van der Waals surface area contributed by atoms with Crippen molar-refractivity contribution < 1.29 is 28.7 Å². The summed E-state index contributed by atoms with van der Waals surface area (Å²) in [6.07, 6.45) is 0. The quantitative estimate of drug-likeness (QED) is 0.438. The molecule has 33 heavy (non-hydrogen) atoms. The average molecular weight is 465 g/mol. The first kappa shape index (κ1) is 22.0. The molecule has 8 nitrogen and oxygen atoms in total. The number of anilines is 2. The van der Waals surface area contributed by atoms with Gasteiger partial charge >= 0.3 is 5.97 Å². The van der Waals surface area contributed by atoms with Gasteiger partial charge in [-0.15, -0.1) is 0 Å². The predicted molar refractivity (Wildman–Crippen MR) is 121 cm³/mol.